The van der Waals surface area contributed by atoms with E-state index in [1.807, 2.05) is 6.92 Å². The summed E-state index contributed by atoms with van der Waals surface area (Å²) in [5, 5.41) is 4.29. The van der Waals surface area contributed by atoms with Crippen LogP contribution in [0.2, 0.25) is 13.1 Å². The van der Waals surface area contributed by atoms with E-state index in [0.29, 0.717) is 0 Å². The minimum absolute atomic E-state index is 0. The van der Waals surface area contributed by atoms with Gasteiger partial charge in [-0.1, -0.05) is 82.3 Å². The summed E-state index contributed by atoms with van der Waals surface area (Å²) in [6.07, 6.45) is 0. The maximum absolute atomic E-state index is 5.76. The van der Waals surface area contributed by atoms with Crippen molar-refractivity contribution >= 4 is 24.0 Å². The van der Waals surface area contributed by atoms with Crippen molar-refractivity contribution < 1.29 is 55.4 Å². The van der Waals surface area contributed by atoms with Crippen LogP contribution in [0.4, 0.5) is 0 Å². The Morgan fingerprint density at radius 2 is 1.53 bits per heavy atom. The van der Waals surface area contributed by atoms with Gasteiger partial charge in [-0.15, -0.1) is 34.5 Å². The Morgan fingerprint density at radius 3 is 2.08 bits per heavy atom. The van der Waals surface area contributed by atoms with E-state index in [1.165, 1.54) is 44.3 Å². The Kier molecular flexibility index (Phi) is 9.34. The molecule has 0 N–H and O–H groups in total. The summed E-state index contributed by atoms with van der Waals surface area (Å²) in [5.74, 6) is 2.31. The van der Waals surface area contributed by atoms with Crippen LogP contribution in [-0.4, -0.2) is 8.07 Å². The number of fused-ring (bicyclic) bond motifs is 1. The fourth-order valence-electron chi connectivity index (χ4n) is 6.08. The molecule has 1 aromatic heterocycles. The first-order valence-corrected chi connectivity index (χ1v) is 15.1. The van der Waals surface area contributed by atoms with Crippen LogP contribution in [0.25, 0.3) is 27.1 Å². The average molecular weight is 614 g/mol. The molecule has 1 aliphatic carbocycles. The van der Waals surface area contributed by atoms with Crippen molar-refractivity contribution in [3.63, 3.8) is 0 Å². The van der Waals surface area contributed by atoms with E-state index in [4.69, 9.17) is 4.42 Å². The van der Waals surface area contributed by atoms with Crippen molar-refractivity contribution in [1.82, 2.24) is 0 Å². The molecule has 0 fully saturated rings. The zero-order chi connectivity index (χ0) is 23.7. The Hall–Kier alpha value is -1.25. The van der Waals surface area contributed by atoms with Gasteiger partial charge >= 0.3 is 26.2 Å². The molecule has 1 unspecified atom stereocenters. The molecule has 4 aromatic rings. The SMILES string of the molecule is CC1=C2c3oc(C)cc3C1[Si]2(C)C.Cc1cc2c(-c3ccc(C(C)(C)C)cc3)cccc2[cH-]1.[Cl-].[Cl-].[Zr+3]. The van der Waals surface area contributed by atoms with Gasteiger partial charge in [0.2, 0.25) is 0 Å². The van der Waals surface area contributed by atoms with E-state index in [1.54, 1.807) is 10.8 Å². The summed E-state index contributed by atoms with van der Waals surface area (Å²) < 4.78 is 5.76. The van der Waals surface area contributed by atoms with Gasteiger partial charge in [-0.05, 0) is 41.7 Å². The average Bonchev–Trinajstić information content (AvgIpc) is 3.41. The predicted molar refractivity (Wildman–Crippen MR) is 145 cm³/mol. The molecule has 0 amide bonds. The molecule has 0 saturated carbocycles. The fourth-order valence-corrected chi connectivity index (χ4v) is 10.3. The molecule has 0 spiro atoms. The van der Waals surface area contributed by atoms with Crippen molar-refractivity contribution in [2.24, 2.45) is 0 Å². The first kappa shape index (κ1) is 31.0. The van der Waals surface area contributed by atoms with Gasteiger partial charge in [0.1, 0.15) is 11.5 Å². The summed E-state index contributed by atoms with van der Waals surface area (Å²) in [7, 11) is -1.10. The molecular formula is C31H35Cl2OSiZr. The van der Waals surface area contributed by atoms with E-state index in [-0.39, 0.29) is 56.4 Å². The molecular weight excluding hydrogens is 579 g/mol. The zero-order valence-electron chi connectivity index (χ0n) is 22.5. The van der Waals surface area contributed by atoms with Crippen LogP contribution in [0, 0.1) is 13.8 Å². The van der Waals surface area contributed by atoms with Crippen molar-refractivity contribution in [3.8, 4) is 11.1 Å². The molecule has 2 bridgehead atoms. The second-order valence-corrected chi connectivity index (χ2v) is 16.0. The van der Waals surface area contributed by atoms with Gasteiger partial charge in [0.25, 0.3) is 0 Å². The summed E-state index contributed by atoms with van der Waals surface area (Å²) in [4.78, 5) is 0. The number of halogens is 2. The Morgan fingerprint density at radius 1 is 0.889 bits per heavy atom. The minimum atomic E-state index is -1.10. The minimum Gasteiger partial charge on any atom is -1.00 e. The van der Waals surface area contributed by atoms with Gasteiger partial charge in [-0.2, -0.15) is 6.07 Å². The molecule has 7 rings (SSSR count). The zero-order valence-corrected chi connectivity index (χ0v) is 27.5. The second kappa shape index (κ2) is 10.9. The molecule has 36 heavy (non-hydrogen) atoms. The van der Waals surface area contributed by atoms with Crippen LogP contribution in [0.5, 0.6) is 0 Å². The van der Waals surface area contributed by atoms with Crippen LogP contribution < -0.4 is 24.8 Å². The summed E-state index contributed by atoms with van der Waals surface area (Å²) in [5.41, 5.74) is 9.40. The van der Waals surface area contributed by atoms with Crippen LogP contribution in [0.3, 0.4) is 0 Å². The third kappa shape index (κ3) is 5.06. The Bertz CT molecular complexity index is 1400. The predicted octanol–water partition coefficient (Wildman–Crippen LogP) is 3.10. The molecule has 5 heteroatoms. The third-order valence-corrected chi connectivity index (χ3v) is 11.7. The van der Waals surface area contributed by atoms with Gasteiger partial charge in [0.15, 0.2) is 0 Å². The molecule has 1 nitrogen and oxygen atoms in total. The molecule has 3 aliphatic rings. The normalized spacial score (nSPS) is 16.6. The van der Waals surface area contributed by atoms with Crippen molar-refractivity contribution in [2.75, 3.05) is 0 Å². The molecule has 3 aromatic carbocycles. The van der Waals surface area contributed by atoms with Crippen LogP contribution in [0.15, 0.2) is 70.7 Å². The van der Waals surface area contributed by atoms with Crippen molar-refractivity contribution in [1.29, 1.82) is 0 Å². The molecule has 1 atom stereocenters. The van der Waals surface area contributed by atoms with Gasteiger partial charge in [0.05, 0.1) is 8.07 Å². The van der Waals surface area contributed by atoms with Crippen LogP contribution >= 0.6 is 0 Å². The van der Waals surface area contributed by atoms with Gasteiger partial charge < -0.3 is 29.2 Å². The van der Waals surface area contributed by atoms with Crippen molar-refractivity contribution in [3.05, 3.63) is 94.4 Å². The number of furan rings is 1. The van der Waals surface area contributed by atoms with E-state index in [9.17, 15) is 0 Å². The quantitative estimate of drug-likeness (QED) is 0.238. The summed E-state index contributed by atoms with van der Waals surface area (Å²) in [6.45, 7) is 18.1. The topological polar surface area (TPSA) is 13.1 Å². The first-order chi connectivity index (χ1) is 15.5. The smallest absolute Gasteiger partial charge is 1.00 e. The first-order valence-electron chi connectivity index (χ1n) is 12.1. The van der Waals surface area contributed by atoms with E-state index < -0.39 is 8.07 Å². The van der Waals surface area contributed by atoms with Gasteiger partial charge in [-0.25, -0.2) is 0 Å². The van der Waals surface area contributed by atoms with Crippen LogP contribution in [-0.2, 0) is 31.6 Å². The van der Waals surface area contributed by atoms with Gasteiger partial charge in [-0.3, -0.25) is 0 Å². The number of hydrogen-bond donors (Lipinski definition) is 0. The molecule has 3 heterocycles. The number of allylic oxidation sites excluding steroid dienone is 1. The second-order valence-electron chi connectivity index (χ2n) is 11.5. The number of aryl methyl sites for hydroxylation is 2. The largest absolute Gasteiger partial charge is 3.00 e. The van der Waals surface area contributed by atoms with Crippen molar-refractivity contribution in [2.45, 2.75) is 65.6 Å². The fraction of sp³-hybridized carbons (Fsp3) is 0.323. The van der Waals surface area contributed by atoms with Crippen LogP contribution in [0.1, 0.15) is 61.4 Å². The van der Waals surface area contributed by atoms with E-state index in [2.05, 4.69) is 108 Å². The van der Waals surface area contributed by atoms with E-state index >= 15 is 0 Å². The van der Waals surface area contributed by atoms with Gasteiger partial charge in [0, 0.05) is 11.1 Å². The molecule has 2 aliphatic heterocycles. The monoisotopic (exact) mass is 611 g/mol. The Balaban J connectivity index is 0.000000250. The maximum atomic E-state index is 5.76. The number of rotatable bonds is 1. The molecule has 187 valence electrons. The van der Waals surface area contributed by atoms with E-state index in [0.717, 1.165) is 11.3 Å². The standard InChI is InChI=1S/C20H21.C11H14OSi.2ClH.Zr/c1-14-12-16-6-5-7-18(19(16)13-14)15-8-10-17(11-9-15)20(2,3)4;1-6-5-8-9(12-6)11-7(2)10(8)13(11,3)4;;;/h5-13H,1-4H3;5,10H,1-4H3;2*1H;/q-1;;;;+3/p-2. The summed E-state index contributed by atoms with van der Waals surface area (Å²) in [6, 6.07) is 22.3. The maximum Gasteiger partial charge on any atom is 3.00 e. The summed E-state index contributed by atoms with van der Waals surface area (Å²) >= 11 is 0. The molecule has 0 saturated heterocycles. The number of hydrogen-bond acceptors (Lipinski definition) is 1. The molecule has 1 radical (unpaired) electrons. The third-order valence-electron chi connectivity index (χ3n) is 7.57. The Labute approximate surface area is 249 Å². The number of benzene rings is 2.